The predicted octanol–water partition coefficient (Wildman–Crippen LogP) is 0.734. The summed E-state index contributed by atoms with van der Waals surface area (Å²) in [7, 11) is 1.48. The van der Waals surface area contributed by atoms with Crippen molar-refractivity contribution in [1.29, 1.82) is 0 Å². The molecule has 1 N–H and O–H groups in total. The molecule has 7 heteroatoms. The maximum absolute atomic E-state index is 5.70. The Morgan fingerprint density at radius 2 is 2.33 bits per heavy atom. The first kappa shape index (κ1) is 10.4. The van der Waals surface area contributed by atoms with E-state index in [1.807, 2.05) is 0 Å². The first-order valence-corrected chi connectivity index (χ1v) is 4.95. The van der Waals surface area contributed by atoms with Gasteiger partial charge in [-0.05, 0) is 18.0 Å². The third-order valence-corrected chi connectivity index (χ3v) is 2.20. The molecular formula is C8H11ClN4O2. The Morgan fingerprint density at radius 1 is 1.47 bits per heavy atom. The molecule has 1 aromatic heterocycles. The third-order valence-electron chi connectivity index (χ3n) is 2.03. The highest BCUT2D eigenvalue weighted by atomic mass is 35.5. The molecule has 0 radical (unpaired) electrons. The van der Waals surface area contributed by atoms with Crippen molar-refractivity contribution in [2.75, 3.05) is 25.6 Å². The largest absolute Gasteiger partial charge is 0.467 e. The van der Waals surface area contributed by atoms with Crippen molar-refractivity contribution in [2.24, 2.45) is 0 Å². The summed E-state index contributed by atoms with van der Waals surface area (Å²) in [5.74, 6) is 0.419. The molecule has 1 saturated heterocycles. The number of nitrogens with one attached hydrogen (secondary N) is 1. The van der Waals surface area contributed by atoms with Gasteiger partial charge < -0.3 is 14.8 Å². The fourth-order valence-electron chi connectivity index (χ4n) is 1.32. The van der Waals surface area contributed by atoms with Crippen LogP contribution in [0.3, 0.4) is 0 Å². The highest BCUT2D eigenvalue weighted by molar-refractivity contribution is 6.28. The minimum Gasteiger partial charge on any atom is -0.467 e. The van der Waals surface area contributed by atoms with Gasteiger partial charge in [0.2, 0.25) is 11.2 Å². The lowest BCUT2D eigenvalue weighted by Crippen LogP contribution is -2.21. The molecule has 1 aliphatic heterocycles. The fourth-order valence-corrected chi connectivity index (χ4v) is 1.47. The fraction of sp³-hybridized carbons (Fsp3) is 0.625. The van der Waals surface area contributed by atoms with Crippen LogP contribution in [0.2, 0.25) is 5.28 Å². The SMILES string of the molecule is COc1nc(Cl)nc(NC2CCOC2)n1. The van der Waals surface area contributed by atoms with E-state index in [1.54, 1.807) is 0 Å². The monoisotopic (exact) mass is 230 g/mol. The predicted molar refractivity (Wildman–Crippen MR) is 54.2 cm³/mol. The van der Waals surface area contributed by atoms with Gasteiger partial charge in [0.05, 0.1) is 19.8 Å². The van der Waals surface area contributed by atoms with E-state index in [1.165, 1.54) is 7.11 Å². The molecule has 6 nitrogen and oxygen atoms in total. The first-order valence-electron chi connectivity index (χ1n) is 4.58. The summed E-state index contributed by atoms with van der Waals surface area (Å²) >= 11 is 5.70. The van der Waals surface area contributed by atoms with E-state index in [2.05, 4.69) is 20.3 Å². The molecule has 0 bridgehead atoms. The van der Waals surface area contributed by atoms with Gasteiger partial charge in [-0.3, -0.25) is 0 Å². The van der Waals surface area contributed by atoms with E-state index in [9.17, 15) is 0 Å². The van der Waals surface area contributed by atoms with Gasteiger partial charge in [0, 0.05) is 6.61 Å². The molecule has 0 aromatic carbocycles. The Kier molecular flexibility index (Phi) is 3.17. The van der Waals surface area contributed by atoms with Gasteiger partial charge in [0.15, 0.2) is 0 Å². The van der Waals surface area contributed by atoms with E-state index in [0.29, 0.717) is 12.6 Å². The van der Waals surface area contributed by atoms with E-state index in [-0.39, 0.29) is 17.3 Å². The molecule has 1 aliphatic rings. The van der Waals surface area contributed by atoms with Gasteiger partial charge in [0.25, 0.3) is 0 Å². The average Bonchev–Trinajstić information content (AvgIpc) is 2.69. The first-order chi connectivity index (χ1) is 7.28. The molecule has 2 rings (SSSR count). The lowest BCUT2D eigenvalue weighted by molar-refractivity contribution is 0.195. The van der Waals surface area contributed by atoms with Crippen LogP contribution in [0, 0.1) is 0 Å². The summed E-state index contributed by atoms with van der Waals surface area (Å²) in [6.07, 6.45) is 0.936. The second kappa shape index (κ2) is 4.59. The number of hydrogen-bond acceptors (Lipinski definition) is 6. The summed E-state index contributed by atoms with van der Waals surface area (Å²) in [6, 6.07) is 0.435. The lowest BCUT2D eigenvalue weighted by Gasteiger charge is -2.10. The van der Waals surface area contributed by atoms with Gasteiger partial charge in [-0.25, -0.2) is 0 Å². The van der Waals surface area contributed by atoms with Crippen LogP contribution in [-0.2, 0) is 4.74 Å². The van der Waals surface area contributed by atoms with Crippen LogP contribution in [-0.4, -0.2) is 41.3 Å². The highest BCUT2D eigenvalue weighted by Gasteiger charge is 2.17. The zero-order valence-corrected chi connectivity index (χ0v) is 8.99. The molecule has 0 aliphatic carbocycles. The number of aromatic nitrogens is 3. The topological polar surface area (TPSA) is 69.2 Å². The van der Waals surface area contributed by atoms with Crippen LogP contribution in [0.15, 0.2) is 0 Å². The molecule has 2 heterocycles. The van der Waals surface area contributed by atoms with Crippen molar-refractivity contribution in [3.63, 3.8) is 0 Å². The molecule has 0 amide bonds. The molecule has 1 atom stereocenters. The standard InChI is InChI=1S/C8H11ClN4O2/c1-14-8-12-6(9)11-7(13-8)10-5-2-3-15-4-5/h5H,2-4H2,1H3,(H,10,11,12,13). The second-order valence-electron chi connectivity index (χ2n) is 3.12. The minimum absolute atomic E-state index is 0.114. The van der Waals surface area contributed by atoms with Gasteiger partial charge in [-0.15, -0.1) is 0 Å². The normalized spacial score (nSPS) is 20.3. The van der Waals surface area contributed by atoms with Crippen molar-refractivity contribution in [3.8, 4) is 6.01 Å². The Bertz CT molecular complexity index is 343. The second-order valence-corrected chi connectivity index (χ2v) is 3.46. The molecule has 0 spiro atoms. The number of hydrogen-bond donors (Lipinski definition) is 1. The zero-order valence-electron chi connectivity index (χ0n) is 8.23. The lowest BCUT2D eigenvalue weighted by atomic mass is 10.3. The van der Waals surface area contributed by atoms with E-state index in [0.717, 1.165) is 13.0 Å². The quantitative estimate of drug-likeness (QED) is 0.826. The van der Waals surface area contributed by atoms with Crippen LogP contribution in [0.5, 0.6) is 6.01 Å². The summed E-state index contributed by atoms with van der Waals surface area (Å²) < 4.78 is 10.1. The van der Waals surface area contributed by atoms with E-state index < -0.39 is 0 Å². The Labute approximate surface area is 92.0 Å². The number of methoxy groups -OCH3 is 1. The summed E-state index contributed by atoms with van der Waals surface area (Å²) in [4.78, 5) is 11.7. The summed E-state index contributed by atoms with van der Waals surface area (Å²) in [6.45, 7) is 1.42. The van der Waals surface area contributed by atoms with Crippen LogP contribution >= 0.6 is 11.6 Å². The minimum atomic E-state index is 0.114. The number of rotatable bonds is 3. The van der Waals surface area contributed by atoms with Gasteiger partial charge >= 0.3 is 6.01 Å². The average molecular weight is 231 g/mol. The van der Waals surface area contributed by atoms with Crippen LogP contribution in [0.4, 0.5) is 5.95 Å². The Hall–Kier alpha value is -1.14. The van der Waals surface area contributed by atoms with Crippen molar-refractivity contribution < 1.29 is 9.47 Å². The van der Waals surface area contributed by atoms with E-state index in [4.69, 9.17) is 21.1 Å². The molecular weight excluding hydrogens is 220 g/mol. The van der Waals surface area contributed by atoms with Crippen molar-refractivity contribution >= 4 is 17.5 Å². The molecule has 1 unspecified atom stereocenters. The number of anilines is 1. The highest BCUT2D eigenvalue weighted by Crippen LogP contribution is 2.14. The van der Waals surface area contributed by atoms with Crippen LogP contribution in [0.25, 0.3) is 0 Å². The number of nitrogens with zero attached hydrogens (tertiary/aromatic N) is 3. The third kappa shape index (κ3) is 2.66. The molecule has 1 fully saturated rings. The maximum Gasteiger partial charge on any atom is 0.322 e. The van der Waals surface area contributed by atoms with Crippen LogP contribution < -0.4 is 10.1 Å². The molecule has 1 aromatic rings. The number of ether oxygens (including phenoxy) is 2. The maximum atomic E-state index is 5.70. The van der Waals surface area contributed by atoms with Crippen molar-refractivity contribution in [1.82, 2.24) is 15.0 Å². The number of halogens is 1. The van der Waals surface area contributed by atoms with Gasteiger partial charge in [-0.2, -0.15) is 15.0 Å². The van der Waals surface area contributed by atoms with Gasteiger partial charge in [-0.1, -0.05) is 0 Å². The molecule has 15 heavy (non-hydrogen) atoms. The Morgan fingerprint density at radius 3 is 3.00 bits per heavy atom. The van der Waals surface area contributed by atoms with Crippen molar-refractivity contribution in [3.05, 3.63) is 5.28 Å². The molecule has 82 valence electrons. The Balaban J connectivity index is 2.09. The summed E-state index contributed by atoms with van der Waals surface area (Å²) in [5, 5.41) is 3.22. The van der Waals surface area contributed by atoms with E-state index >= 15 is 0 Å². The summed E-state index contributed by atoms with van der Waals surface area (Å²) in [5.41, 5.74) is 0. The molecule has 0 saturated carbocycles. The smallest absolute Gasteiger partial charge is 0.322 e. The van der Waals surface area contributed by atoms with Gasteiger partial charge in [0.1, 0.15) is 0 Å². The van der Waals surface area contributed by atoms with Crippen LogP contribution in [0.1, 0.15) is 6.42 Å². The van der Waals surface area contributed by atoms with Crippen molar-refractivity contribution in [2.45, 2.75) is 12.5 Å². The zero-order chi connectivity index (χ0) is 10.7.